The number of hydrogen-bond donors (Lipinski definition) is 2. The predicted molar refractivity (Wildman–Crippen MR) is 97.3 cm³/mol. The number of carbonyl (C=O) groups excluding carboxylic acids is 1. The Labute approximate surface area is 145 Å². The Morgan fingerprint density at radius 1 is 1.00 bits per heavy atom. The molecule has 1 heterocycles. The minimum atomic E-state index is -0.303. The van der Waals surface area contributed by atoms with Gasteiger partial charge in [0.25, 0.3) is 5.91 Å². The van der Waals surface area contributed by atoms with E-state index in [2.05, 4.69) is 20.6 Å². The van der Waals surface area contributed by atoms with Crippen LogP contribution in [0.3, 0.4) is 0 Å². The summed E-state index contributed by atoms with van der Waals surface area (Å²) in [5.74, 6) is 1.01. The van der Waals surface area contributed by atoms with E-state index in [9.17, 15) is 4.79 Å². The van der Waals surface area contributed by atoms with Crippen molar-refractivity contribution < 1.29 is 9.53 Å². The molecular weight excluding hydrogens is 316 g/mol. The highest BCUT2D eigenvalue weighted by Gasteiger charge is 2.09. The van der Waals surface area contributed by atoms with Crippen LogP contribution >= 0.6 is 0 Å². The summed E-state index contributed by atoms with van der Waals surface area (Å²) in [6, 6.07) is 18.4. The number of nitrogens with one attached hydrogen (secondary N) is 2. The first-order valence-corrected chi connectivity index (χ1v) is 7.93. The number of carbonyl (C=O) groups is 1. The van der Waals surface area contributed by atoms with Gasteiger partial charge in [0.1, 0.15) is 23.6 Å². The lowest BCUT2D eigenvalue weighted by Gasteiger charge is -2.08. The van der Waals surface area contributed by atoms with Crippen LogP contribution in [0, 0.1) is 0 Å². The first-order chi connectivity index (χ1) is 12.2. The van der Waals surface area contributed by atoms with E-state index in [-0.39, 0.29) is 11.6 Å². The summed E-state index contributed by atoms with van der Waals surface area (Å²) in [5.41, 5.74) is 1.84. The Morgan fingerprint density at radius 3 is 2.48 bits per heavy atom. The number of para-hydroxylation sites is 1. The van der Waals surface area contributed by atoms with Gasteiger partial charge in [-0.05, 0) is 43.3 Å². The van der Waals surface area contributed by atoms with Crippen LogP contribution < -0.4 is 15.4 Å². The molecule has 0 saturated carbocycles. The van der Waals surface area contributed by atoms with E-state index in [1.54, 1.807) is 18.2 Å². The molecule has 3 aromatic rings. The number of benzene rings is 2. The monoisotopic (exact) mass is 334 g/mol. The van der Waals surface area contributed by atoms with Gasteiger partial charge in [0.2, 0.25) is 0 Å². The van der Waals surface area contributed by atoms with Crippen molar-refractivity contribution in [3.8, 4) is 5.75 Å². The van der Waals surface area contributed by atoms with Crippen molar-refractivity contribution in [2.24, 2.45) is 0 Å². The van der Waals surface area contributed by atoms with Crippen molar-refractivity contribution in [3.05, 3.63) is 72.7 Å². The number of anilines is 3. The number of ether oxygens (including phenoxy) is 1. The lowest BCUT2D eigenvalue weighted by Crippen LogP contribution is -2.14. The van der Waals surface area contributed by atoms with E-state index in [4.69, 9.17) is 4.74 Å². The molecule has 6 heteroatoms. The molecule has 0 saturated heterocycles. The number of amides is 1. The quantitative estimate of drug-likeness (QED) is 0.715. The van der Waals surface area contributed by atoms with E-state index in [0.29, 0.717) is 18.1 Å². The Kier molecular flexibility index (Phi) is 5.21. The Hall–Kier alpha value is -3.41. The number of aromatic nitrogens is 2. The third-order valence-electron chi connectivity index (χ3n) is 3.37. The van der Waals surface area contributed by atoms with Gasteiger partial charge in [-0.3, -0.25) is 4.79 Å². The molecule has 2 aromatic carbocycles. The Bertz CT molecular complexity index is 836. The smallest absolute Gasteiger partial charge is 0.274 e. The molecule has 1 amide bonds. The van der Waals surface area contributed by atoms with Gasteiger partial charge >= 0.3 is 0 Å². The predicted octanol–water partition coefficient (Wildman–Crippen LogP) is 3.87. The lowest BCUT2D eigenvalue weighted by atomic mass is 10.2. The fraction of sp³-hybridized carbons (Fsp3) is 0.105. The summed E-state index contributed by atoms with van der Waals surface area (Å²) < 4.78 is 5.38. The molecule has 0 unspecified atom stereocenters. The summed E-state index contributed by atoms with van der Waals surface area (Å²) >= 11 is 0. The van der Waals surface area contributed by atoms with Crippen LogP contribution in [0.4, 0.5) is 17.2 Å². The van der Waals surface area contributed by atoms with Gasteiger partial charge in [-0.2, -0.15) is 0 Å². The first kappa shape index (κ1) is 16.4. The zero-order chi connectivity index (χ0) is 17.5. The number of rotatable bonds is 6. The van der Waals surface area contributed by atoms with Crippen molar-refractivity contribution >= 4 is 23.1 Å². The summed E-state index contributed by atoms with van der Waals surface area (Å²) in [6.45, 7) is 2.52. The van der Waals surface area contributed by atoms with Gasteiger partial charge in [-0.15, -0.1) is 0 Å². The highest BCUT2D eigenvalue weighted by Crippen LogP contribution is 2.17. The van der Waals surface area contributed by atoms with Crippen molar-refractivity contribution in [2.45, 2.75) is 6.92 Å². The molecule has 3 rings (SSSR count). The van der Waals surface area contributed by atoms with Crippen molar-refractivity contribution in [1.29, 1.82) is 0 Å². The van der Waals surface area contributed by atoms with Gasteiger partial charge in [-0.25, -0.2) is 9.97 Å². The highest BCUT2D eigenvalue weighted by molar-refractivity contribution is 6.03. The maximum absolute atomic E-state index is 12.4. The SMILES string of the molecule is CCOc1ccc(NC(=O)c2cc(Nc3ccccc3)ncn2)cc1. The summed E-state index contributed by atoms with van der Waals surface area (Å²) in [4.78, 5) is 20.5. The van der Waals surface area contributed by atoms with Crippen molar-refractivity contribution in [2.75, 3.05) is 17.2 Å². The first-order valence-electron chi connectivity index (χ1n) is 7.93. The van der Waals surface area contributed by atoms with Crippen molar-refractivity contribution in [1.82, 2.24) is 9.97 Å². The normalized spacial score (nSPS) is 10.1. The van der Waals surface area contributed by atoms with Crippen LogP contribution in [-0.4, -0.2) is 22.5 Å². The molecular formula is C19H18N4O2. The fourth-order valence-corrected chi connectivity index (χ4v) is 2.22. The van der Waals surface area contributed by atoms with Crippen LogP contribution in [0.1, 0.15) is 17.4 Å². The lowest BCUT2D eigenvalue weighted by molar-refractivity contribution is 0.102. The molecule has 2 N–H and O–H groups in total. The highest BCUT2D eigenvalue weighted by atomic mass is 16.5. The zero-order valence-electron chi connectivity index (χ0n) is 13.8. The van der Waals surface area contributed by atoms with Gasteiger partial charge in [-0.1, -0.05) is 18.2 Å². The second-order valence-corrected chi connectivity index (χ2v) is 5.19. The van der Waals surface area contributed by atoms with Gasteiger partial charge in [0, 0.05) is 17.4 Å². The molecule has 0 aliphatic carbocycles. The molecule has 0 radical (unpaired) electrons. The molecule has 6 nitrogen and oxygen atoms in total. The molecule has 25 heavy (non-hydrogen) atoms. The zero-order valence-corrected chi connectivity index (χ0v) is 13.8. The fourth-order valence-electron chi connectivity index (χ4n) is 2.22. The molecule has 0 aliphatic heterocycles. The van der Waals surface area contributed by atoms with Gasteiger partial charge < -0.3 is 15.4 Å². The molecule has 0 bridgehead atoms. The van der Waals surface area contributed by atoms with Crippen LogP contribution in [0.15, 0.2) is 67.0 Å². The summed E-state index contributed by atoms with van der Waals surface area (Å²) in [7, 11) is 0. The van der Waals surface area contributed by atoms with Gasteiger partial charge in [0.15, 0.2) is 0 Å². The molecule has 0 atom stereocenters. The molecule has 1 aromatic heterocycles. The topological polar surface area (TPSA) is 76.1 Å². The standard InChI is InChI=1S/C19H18N4O2/c1-2-25-16-10-8-15(9-11-16)23-19(24)17-12-18(21-13-20-17)22-14-6-4-3-5-7-14/h3-13H,2H2,1H3,(H,23,24)(H,20,21,22). The Morgan fingerprint density at radius 2 is 1.76 bits per heavy atom. The van der Waals surface area contributed by atoms with Crippen LogP contribution in [-0.2, 0) is 0 Å². The van der Waals surface area contributed by atoms with E-state index in [1.165, 1.54) is 6.33 Å². The number of nitrogens with zero attached hydrogens (tertiary/aromatic N) is 2. The second-order valence-electron chi connectivity index (χ2n) is 5.19. The van der Waals surface area contributed by atoms with Crippen molar-refractivity contribution in [3.63, 3.8) is 0 Å². The van der Waals surface area contributed by atoms with Crippen LogP contribution in [0.25, 0.3) is 0 Å². The largest absolute Gasteiger partial charge is 0.494 e. The molecule has 126 valence electrons. The maximum Gasteiger partial charge on any atom is 0.274 e. The minimum Gasteiger partial charge on any atom is -0.494 e. The summed E-state index contributed by atoms with van der Waals surface area (Å²) in [5, 5.41) is 5.94. The third kappa shape index (κ3) is 4.54. The number of hydrogen-bond acceptors (Lipinski definition) is 5. The van der Waals surface area contributed by atoms with E-state index in [1.807, 2.05) is 49.4 Å². The molecule has 0 spiro atoms. The second kappa shape index (κ2) is 7.92. The van der Waals surface area contributed by atoms with E-state index in [0.717, 1.165) is 11.4 Å². The molecule has 0 aliphatic rings. The van der Waals surface area contributed by atoms with E-state index < -0.39 is 0 Å². The van der Waals surface area contributed by atoms with Crippen LogP contribution in [0.5, 0.6) is 5.75 Å². The minimum absolute atomic E-state index is 0.280. The Balaban J connectivity index is 1.68. The average molecular weight is 334 g/mol. The average Bonchev–Trinajstić information content (AvgIpc) is 2.65. The van der Waals surface area contributed by atoms with Crippen LogP contribution in [0.2, 0.25) is 0 Å². The van der Waals surface area contributed by atoms with E-state index >= 15 is 0 Å². The maximum atomic E-state index is 12.4. The third-order valence-corrected chi connectivity index (χ3v) is 3.37. The molecule has 0 fully saturated rings. The van der Waals surface area contributed by atoms with Gasteiger partial charge in [0.05, 0.1) is 6.61 Å². The summed E-state index contributed by atoms with van der Waals surface area (Å²) in [6.07, 6.45) is 1.36.